The van der Waals surface area contributed by atoms with Gasteiger partial charge < -0.3 is 20.1 Å². The van der Waals surface area contributed by atoms with Crippen molar-refractivity contribution < 1.29 is 45.0 Å². The second-order valence-corrected chi connectivity index (χ2v) is 14.1. The minimum atomic E-state index is -5.48. The van der Waals surface area contributed by atoms with Crippen LogP contribution in [0.1, 0.15) is 68.6 Å². The standard InChI is InChI=1S/C28H37F4N3O6S/c1-15-3-7-19(8-4-15)41-23-12-20(22(40-2)13-21(23)29)26(36)34-25-17-6-5-16(11-17)24(25)27(37)33-18-9-10-35(14-18)42(38,39)28(30,31)32/h12-13,15-19,24-25H,3-11,14H2,1-2H3,(H,33,37)(H,34,36)/t15-,16-,17+,18+,19+,24+,25-/m1/s1. The molecule has 9 nitrogen and oxygen atoms in total. The quantitative estimate of drug-likeness (QED) is 0.426. The summed E-state index contributed by atoms with van der Waals surface area (Å²) in [7, 11) is -4.15. The number of sulfonamides is 1. The van der Waals surface area contributed by atoms with Crippen LogP contribution in [-0.4, -0.2) is 68.4 Å². The number of amides is 2. The lowest BCUT2D eigenvalue weighted by Crippen LogP contribution is -2.52. The largest absolute Gasteiger partial charge is 0.511 e. The zero-order valence-corrected chi connectivity index (χ0v) is 24.4. The first-order valence-corrected chi connectivity index (χ1v) is 15.9. The summed E-state index contributed by atoms with van der Waals surface area (Å²) in [5.41, 5.74) is -5.34. The van der Waals surface area contributed by atoms with Crippen LogP contribution in [0.2, 0.25) is 0 Å². The summed E-state index contributed by atoms with van der Waals surface area (Å²) in [5, 5.41) is 5.69. The number of hydrogen-bond donors (Lipinski definition) is 2. The summed E-state index contributed by atoms with van der Waals surface area (Å²) in [6.45, 7) is 1.34. The lowest BCUT2D eigenvalue weighted by Gasteiger charge is -2.32. The molecule has 3 saturated carbocycles. The zero-order chi connectivity index (χ0) is 30.4. The smallest absolute Gasteiger partial charge is 0.496 e. The second-order valence-electron chi connectivity index (χ2n) is 12.1. The normalized spacial score (nSPS) is 31.6. The monoisotopic (exact) mass is 619 g/mol. The van der Waals surface area contributed by atoms with Crippen molar-refractivity contribution in [3.63, 3.8) is 0 Å². The molecule has 1 saturated heterocycles. The molecule has 1 aromatic carbocycles. The van der Waals surface area contributed by atoms with Gasteiger partial charge in [0.05, 0.1) is 24.7 Å². The van der Waals surface area contributed by atoms with E-state index in [9.17, 15) is 35.6 Å². The van der Waals surface area contributed by atoms with Crippen LogP contribution in [0.4, 0.5) is 17.6 Å². The molecule has 1 heterocycles. The van der Waals surface area contributed by atoms with Gasteiger partial charge in [0, 0.05) is 31.2 Å². The van der Waals surface area contributed by atoms with Gasteiger partial charge >= 0.3 is 15.5 Å². The van der Waals surface area contributed by atoms with Gasteiger partial charge in [-0.1, -0.05) is 6.92 Å². The molecular formula is C28H37F4N3O6S. The topological polar surface area (TPSA) is 114 Å². The minimum Gasteiger partial charge on any atom is -0.496 e. The maximum Gasteiger partial charge on any atom is 0.511 e. The van der Waals surface area contributed by atoms with Crippen molar-refractivity contribution in [2.24, 2.45) is 23.7 Å². The zero-order valence-electron chi connectivity index (χ0n) is 23.6. The van der Waals surface area contributed by atoms with Crippen LogP contribution in [0.3, 0.4) is 0 Å². The molecule has 2 N–H and O–H groups in total. The van der Waals surface area contributed by atoms with E-state index in [2.05, 4.69) is 17.6 Å². The number of rotatable bonds is 8. The second kappa shape index (κ2) is 11.8. The molecule has 0 spiro atoms. The Balaban J connectivity index is 1.28. The highest BCUT2D eigenvalue weighted by atomic mass is 32.2. The minimum absolute atomic E-state index is 0.0202. The third kappa shape index (κ3) is 6.06. The van der Waals surface area contributed by atoms with Gasteiger partial charge in [-0.05, 0) is 75.2 Å². The van der Waals surface area contributed by atoms with Crippen LogP contribution in [0, 0.1) is 29.5 Å². The first-order chi connectivity index (χ1) is 19.8. The van der Waals surface area contributed by atoms with E-state index < -0.39 is 57.7 Å². The Kier molecular flexibility index (Phi) is 8.68. The molecular weight excluding hydrogens is 582 g/mol. The van der Waals surface area contributed by atoms with Crippen molar-refractivity contribution in [3.05, 3.63) is 23.5 Å². The first kappa shape index (κ1) is 30.8. The molecule has 42 heavy (non-hydrogen) atoms. The van der Waals surface area contributed by atoms with Gasteiger partial charge in [-0.25, -0.2) is 12.8 Å². The van der Waals surface area contributed by atoms with Gasteiger partial charge in [-0.15, -0.1) is 0 Å². The van der Waals surface area contributed by atoms with Gasteiger partial charge in [-0.3, -0.25) is 9.59 Å². The number of halogens is 4. The van der Waals surface area contributed by atoms with Gasteiger partial charge in [0.15, 0.2) is 11.6 Å². The van der Waals surface area contributed by atoms with E-state index in [0.717, 1.165) is 44.6 Å². The van der Waals surface area contributed by atoms with E-state index >= 15 is 0 Å². The molecule has 5 atom stereocenters. The Hall–Kier alpha value is -2.61. The van der Waals surface area contributed by atoms with Crippen molar-refractivity contribution in [1.82, 2.24) is 14.9 Å². The highest BCUT2D eigenvalue weighted by Crippen LogP contribution is 2.49. The van der Waals surface area contributed by atoms with Crippen molar-refractivity contribution in [1.29, 1.82) is 0 Å². The molecule has 14 heteroatoms. The van der Waals surface area contributed by atoms with Gasteiger partial charge in [0.1, 0.15) is 5.75 Å². The van der Waals surface area contributed by atoms with E-state index in [0.29, 0.717) is 16.6 Å². The van der Waals surface area contributed by atoms with Crippen LogP contribution in [0.5, 0.6) is 11.5 Å². The van der Waals surface area contributed by atoms with E-state index in [-0.39, 0.29) is 48.0 Å². The summed E-state index contributed by atoms with van der Waals surface area (Å²) < 4.78 is 88.9. The number of alkyl halides is 3. The third-order valence-electron chi connectivity index (χ3n) is 9.40. The molecule has 1 aliphatic heterocycles. The van der Waals surface area contributed by atoms with Gasteiger partial charge in [-0.2, -0.15) is 17.5 Å². The molecule has 1 aromatic rings. The molecule has 4 aliphatic rings. The summed E-state index contributed by atoms with van der Waals surface area (Å²) in [6, 6.07) is 1.12. The van der Waals surface area contributed by atoms with Crippen molar-refractivity contribution in [2.45, 2.75) is 82.0 Å². The molecule has 4 fully saturated rings. The number of nitrogens with one attached hydrogen (secondary N) is 2. The number of fused-ring (bicyclic) bond motifs is 2. The summed E-state index contributed by atoms with van der Waals surface area (Å²) >= 11 is 0. The van der Waals surface area contributed by atoms with Crippen LogP contribution >= 0.6 is 0 Å². The first-order valence-electron chi connectivity index (χ1n) is 14.5. The molecule has 2 bridgehead atoms. The molecule has 2 amide bonds. The molecule has 5 rings (SSSR count). The third-order valence-corrected chi connectivity index (χ3v) is 11.0. The van der Waals surface area contributed by atoms with Crippen LogP contribution in [0.15, 0.2) is 12.1 Å². The Morgan fingerprint density at radius 1 is 0.976 bits per heavy atom. The van der Waals surface area contributed by atoms with E-state index in [1.165, 1.54) is 13.2 Å². The molecule has 0 radical (unpaired) electrons. The summed E-state index contributed by atoms with van der Waals surface area (Å²) in [6.07, 6.45) is 5.69. The van der Waals surface area contributed by atoms with Crippen molar-refractivity contribution in [3.8, 4) is 11.5 Å². The molecule has 234 valence electrons. The maximum atomic E-state index is 14.9. The van der Waals surface area contributed by atoms with Crippen LogP contribution in [-0.2, 0) is 14.8 Å². The lowest BCUT2D eigenvalue weighted by atomic mass is 9.83. The summed E-state index contributed by atoms with van der Waals surface area (Å²) in [5.74, 6) is -1.69. The summed E-state index contributed by atoms with van der Waals surface area (Å²) in [4.78, 5) is 26.9. The Morgan fingerprint density at radius 3 is 2.33 bits per heavy atom. The van der Waals surface area contributed by atoms with E-state index in [4.69, 9.17) is 9.47 Å². The van der Waals surface area contributed by atoms with Crippen LogP contribution in [0.25, 0.3) is 0 Å². The lowest BCUT2D eigenvalue weighted by molar-refractivity contribution is -0.127. The fourth-order valence-electron chi connectivity index (χ4n) is 7.11. The fourth-order valence-corrected chi connectivity index (χ4v) is 8.13. The maximum absolute atomic E-state index is 14.9. The van der Waals surface area contributed by atoms with Gasteiger partial charge in [0.2, 0.25) is 5.91 Å². The van der Waals surface area contributed by atoms with Crippen LogP contribution < -0.4 is 20.1 Å². The Labute approximate surface area is 242 Å². The highest BCUT2D eigenvalue weighted by Gasteiger charge is 2.54. The van der Waals surface area contributed by atoms with Crippen molar-refractivity contribution in [2.75, 3.05) is 20.2 Å². The average Bonchev–Trinajstić information content (AvgIpc) is 3.67. The number of ether oxygens (including phenoxy) is 2. The Bertz CT molecular complexity index is 1300. The molecule has 3 aliphatic carbocycles. The SMILES string of the molecule is COc1cc(F)c(O[C@H]2CC[C@@H](C)CC2)cc1C(=O)N[C@@H]1[C@H]2CC[C@H](C2)[C@@H]1C(=O)N[C@H]1CCN(S(=O)(=O)C(F)(F)F)C1. The Morgan fingerprint density at radius 2 is 1.67 bits per heavy atom. The van der Waals surface area contributed by atoms with Gasteiger partial charge in [0.25, 0.3) is 5.91 Å². The molecule has 0 unspecified atom stereocenters. The number of carbonyl (C=O) groups excluding carboxylic acids is 2. The number of methoxy groups -OCH3 is 1. The van der Waals surface area contributed by atoms with E-state index in [1.54, 1.807) is 0 Å². The predicted octanol–water partition coefficient (Wildman–Crippen LogP) is 3.98. The number of hydrogen-bond acceptors (Lipinski definition) is 6. The molecule has 0 aromatic heterocycles. The van der Waals surface area contributed by atoms with E-state index in [1.807, 2.05) is 0 Å². The van der Waals surface area contributed by atoms with Crippen molar-refractivity contribution >= 4 is 21.8 Å². The number of carbonyl (C=O) groups is 2. The predicted molar refractivity (Wildman–Crippen MR) is 144 cm³/mol. The average molecular weight is 620 g/mol. The number of nitrogens with zero attached hydrogens (tertiary/aromatic N) is 1. The highest BCUT2D eigenvalue weighted by molar-refractivity contribution is 7.90. The fraction of sp³-hybridized carbons (Fsp3) is 0.714. The number of benzene rings is 1.